The van der Waals surface area contributed by atoms with E-state index >= 15 is 0 Å². The van der Waals surface area contributed by atoms with Crippen molar-refractivity contribution in [3.8, 4) is 0 Å². The van der Waals surface area contributed by atoms with E-state index in [0.29, 0.717) is 0 Å². The second-order valence-electron chi connectivity index (χ2n) is 6.93. The number of piperidine rings is 1. The molecule has 0 aliphatic carbocycles. The Morgan fingerprint density at radius 2 is 1.84 bits per heavy atom. The second-order valence-corrected chi connectivity index (χ2v) is 8.02. The highest BCUT2D eigenvalue weighted by molar-refractivity contribution is 7.20. The first-order chi connectivity index (χ1) is 11.8. The molecule has 2 aromatic rings. The summed E-state index contributed by atoms with van der Waals surface area (Å²) >= 11 is 1.62. The molecule has 4 rings (SSSR count). The SMILES string of the molecule is Cl.O=C(c1cc2ccccc2s1)N1CCN(CC2CCNCC2)CC1. The highest BCUT2D eigenvalue weighted by atomic mass is 35.5. The molecule has 4 nitrogen and oxygen atoms in total. The van der Waals surface area contributed by atoms with Crippen LogP contribution in [0.15, 0.2) is 30.3 Å². The number of amides is 1. The molecule has 0 unspecified atom stereocenters. The number of nitrogens with zero attached hydrogens (tertiary/aromatic N) is 2. The van der Waals surface area contributed by atoms with E-state index in [0.717, 1.165) is 50.1 Å². The molecule has 0 saturated carbocycles. The summed E-state index contributed by atoms with van der Waals surface area (Å²) in [4.78, 5) is 18.2. The molecule has 2 saturated heterocycles. The summed E-state index contributed by atoms with van der Waals surface area (Å²) in [5, 5.41) is 4.61. The Labute approximate surface area is 159 Å². The Morgan fingerprint density at radius 3 is 2.56 bits per heavy atom. The van der Waals surface area contributed by atoms with Gasteiger partial charge in [0.1, 0.15) is 0 Å². The minimum atomic E-state index is 0. The third-order valence-electron chi connectivity index (χ3n) is 5.27. The molecule has 0 bridgehead atoms. The van der Waals surface area contributed by atoms with E-state index in [1.165, 1.54) is 29.5 Å². The zero-order chi connectivity index (χ0) is 16.4. The molecule has 2 fully saturated rings. The second kappa shape index (κ2) is 8.49. The van der Waals surface area contributed by atoms with Crippen molar-refractivity contribution < 1.29 is 4.79 Å². The summed E-state index contributed by atoms with van der Waals surface area (Å²) in [6.45, 7) is 7.27. The monoisotopic (exact) mass is 379 g/mol. The zero-order valence-electron chi connectivity index (χ0n) is 14.4. The Hall–Kier alpha value is -1.14. The van der Waals surface area contributed by atoms with E-state index < -0.39 is 0 Å². The quantitative estimate of drug-likeness (QED) is 0.890. The lowest BCUT2D eigenvalue weighted by atomic mass is 9.97. The maximum absolute atomic E-state index is 12.8. The van der Waals surface area contributed by atoms with Gasteiger partial charge in [0.2, 0.25) is 0 Å². The van der Waals surface area contributed by atoms with Crippen LogP contribution in [0.2, 0.25) is 0 Å². The average Bonchev–Trinajstić information content (AvgIpc) is 3.07. The van der Waals surface area contributed by atoms with Gasteiger partial charge in [-0.15, -0.1) is 23.7 Å². The standard InChI is InChI=1S/C19H25N3OS.ClH/c23-19(18-13-16-3-1-2-4-17(16)24-18)22-11-9-21(10-12-22)14-15-5-7-20-8-6-15;/h1-4,13,15,20H,5-12,14H2;1H. The number of rotatable bonds is 3. The molecule has 0 atom stereocenters. The average molecular weight is 380 g/mol. The van der Waals surface area contributed by atoms with Gasteiger partial charge >= 0.3 is 0 Å². The molecule has 25 heavy (non-hydrogen) atoms. The van der Waals surface area contributed by atoms with Gasteiger partial charge in [-0.1, -0.05) is 18.2 Å². The molecule has 1 N–H and O–H groups in total. The molecule has 6 heteroatoms. The molecule has 0 spiro atoms. The third kappa shape index (κ3) is 4.34. The number of thiophene rings is 1. The van der Waals surface area contributed by atoms with Crippen LogP contribution in [0, 0.1) is 5.92 Å². The van der Waals surface area contributed by atoms with Gasteiger partial charge in [-0.2, -0.15) is 0 Å². The first kappa shape index (κ1) is 18.6. The minimum Gasteiger partial charge on any atom is -0.335 e. The van der Waals surface area contributed by atoms with Crippen LogP contribution in [0.1, 0.15) is 22.5 Å². The van der Waals surface area contributed by atoms with Gasteiger partial charge < -0.3 is 10.2 Å². The summed E-state index contributed by atoms with van der Waals surface area (Å²) in [6, 6.07) is 10.3. The van der Waals surface area contributed by atoms with Crippen molar-refractivity contribution >= 4 is 39.7 Å². The van der Waals surface area contributed by atoms with Crippen molar-refractivity contribution in [2.45, 2.75) is 12.8 Å². The molecule has 3 heterocycles. The van der Waals surface area contributed by atoms with E-state index in [9.17, 15) is 4.79 Å². The van der Waals surface area contributed by atoms with Gasteiger partial charge in [-0.3, -0.25) is 9.69 Å². The Balaban J connectivity index is 0.00000182. The summed E-state index contributed by atoms with van der Waals surface area (Å²) in [7, 11) is 0. The van der Waals surface area contributed by atoms with Crippen molar-refractivity contribution in [1.82, 2.24) is 15.1 Å². The number of fused-ring (bicyclic) bond motifs is 1. The largest absolute Gasteiger partial charge is 0.335 e. The lowest BCUT2D eigenvalue weighted by molar-refractivity contribution is 0.0613. The first-order valence-electron chi connectivity index (χ1n) is 9.00. The summed E-state index contributed by atoms with van der Waals surface area (Å²) < 4.78 is 1.20. The lowest BCUT2D eigenvalue weighted by Gasteiger charge is -2.37. The van der Waals surface area contributed by atoms with E-state index in [-0.39, 0.29) is 18.3 Å². The molecular weight excluding hydrogens is 354 g/mol. The van der Waals surface area contributed by atoms with Crippen LogP contribution in [0.3, 0.4) is 0 Å². The van der Waals surface area contributed by atoms with Gasteiger partial charge in [0.05, 0.1) is 4.88 Å². The van der Waals surface area contributed by atoms with Crippen LogP contribution in [0.25, 0.3) is 10.1 Å². The lowest BCUT2D eigenvalue weighted by Crippen LogP contribution is -2.50. The van der Waals surface area contributed by atoms with Gasteiger partial charge in [0, 0.05) is 37.4 Å². The Kier molecular flexibility index (Phi) is 6.34. The summed E-state index contributed by atoms with van der Waals surface area (Å²) in [5.41, 5.74) is 0. The number of hydrogen-bond acceptors (Lipinski definition) is 4. The van der Waals surface area contributed by atoms with E-state index in [4.69, 9.17) is 0 Å². The number of benzene rings is 1. The van der Waals surface area contributed by atoms with Crippen molar-refractivity contribution in [3.63, 3.8) is 0 Å². The molecule has 1 aromatic heterocycles. The van der Waals surface area contributed by atoms with Gasteiger partial charge in [0.25, 0.3) is 5.91 Å². The number of nitrogens with one attached hydrogen (secondary N) is 1. The van der Waals surface area contributed by atoms with Crippen molar-refractivity contribution in [1.29, 1.82) is 0 Å². The van der Waals surface area contributed by atoms with Crippen LogP contribution in [0.5, 0.6) is 0 Å². The summed E-state index contributed by atoms with van der Waals surface area (Å²) in [6.07, 6.45) is 2.59. The molecule has 2 aliphatic rings. The highest BCUT2D eigenvalue weighted by Crippen LogP contribution is 2.26. The fourth-order valence-corrected chi connectivity index (χ4v) is 4.84. The number of hydrogen-bond donors (Lipinski definition) is 1. The topological polar surface area (TPSA) is 35.6 Å². The number of halogens is 1. The maximum atomic E-state index is 12.8. The Morgan fingerprint density at radius 1 is 1.12 bits per heavy atom. The van der Waals surface area contributed by atoms with Crippen LogP contribution in [-0.4, -0.2) is 61.5 Å². The van der Waals surface area contributed by atoms with Crippen LogP contribution >= 0.6 is 23.7 Å². The molecular formula is C19H26ClN3OS. The normalized spacial score (nSPS) is 19.8. The van der Waals surface area contributed by atoms with E-state index in [1.54, 1.807) is 11.3 Å². The highest BCUT2D eigenvalue weighted by Gasteiger charge is 2.25. The number of carbonyl (C=O) groups is 1. The van der Waals surface area contributed by atoms with Crippen LogP contribution in [0.4, 0.5) is 0 Å². The molecule has 1 amide bonds. The predicted molar refractivity (Wildman–Crippen MR) is 107 cm³/mol. The van der Waals surface area contributed by atoms with Crippen molar-refractivity contribution in [2.24, 2.45) is 5.92 Å². The molecule has 136 valence electrons. The minimum absolute atomic E-state index is 0. The molecule has 2 aliphatic heterocycles. The zero-order valence-corrected chi connectivity index (χ0v) is 16.1. The number of piperazine rings is 1. The maximum Gasteiger partial charge on any atom is 0.264 e. The Bertz CT molecular complexity index is 673. The number of carbonyl (C=O) groups excluding carboxylic acids is 1. The summed E-state index contributed by atoms with van der Waals surface area (Å²) in [5.74, 6) is 1.04. The van der Waals surface area contributed by atoms with Crippen LogP contribution in [-0.2, 0) is 0 Å². The van der Waals surface area contributed by atoms with Gasteiger partial charge in [-0.05, 0) is 49.4 Å². The van der Waals surface area contributed by atoms with Gasteiger partial charge in [0.15, 0.2) is 0 Å². The molecule has 0 radical (unpaired) electrons. The predicted octanol–water partition coefficient (Wildman–Crippen LogP) is 3.08. The first-order valence-corrected chi connectivity index (χ1v) is 9.82. The fraction of sp³-hybridized carbons (Fsp3) is 0.526. The van der Waals surface area contributed by atoms with E-state index in [2.05, 4.69) is 22.3 Å². The fourth-order valence-electron chi connectivity index (χ4n) is 3.81. The molecule has 1 aromatic carbocycles. The van der Waals surface area contributed by atoms with E-state index in [1.807, 2.05) is 23.1 Å². The van der Waals surface area contributed by atoms with Crippen molar-refractivity contribution in [3.05, 3.63) is 35.2 Å². The van der Waals surface area contributed by atoms with Crippen molar-refractivity contribution in [2.75, 3.05) is 45.8 Å². The third-order valence-corrected chi connectivity index (χ3v) is 6.38. The smallest absolute Gasteiger partial charge is 0.264 e. The van der Waals surface area contributed by atoms with Gasteiger partial charge in [-0.25, -0.2) is 0 Å². The van der Waals surface area contributed by atoms with Crippen LogP contribution < -0.4 is 5.32 Å².